The van der Waals surface area contributed by atoms with Gasteiger partial charge in [0.05, 0.1) is 19.8 Å². The van der Waals surface area contributed by atoms with Crippen LogP contribution in [0.25, 0.3) is 0 Å². The molecule has 78 valence electrons. The molecule has 0 aromatic carbocycles. The van der Waals surface area contributed by atoms with Crippen molar-refractivity contribution in [3.05, 3.63) is 0 Å². The topological polar surface area (TPSA) is 45.1 Å². The third-order valence-corrected chi connectivity index (χ3v) is 2.57. The number of carbonyl (C=O) groups excluding carboxylic acids is 1. The molecule has 2 rings (SSSR count). The second-order valence-corrected chi connectivity index (χ2v) is 3.46. The van der Waals surface area contributed by atoms with E-state index < -0.39 is 0 Å². The second kappa shape index (κ2) is 3.96. The summed E-state index contributed by atoms with van der Waals surface area (Å²) in [5.74, 6) is 0.835. The van der Waals surface area contributed by atoms with Gasteiger partial charge >= 0.3 is 6.03 Å². The summed E-state index contributed by atoms with van der Waals surface area (Å²) in [5, 5.41) is 0. The van der Waals surface area contributed by atoms with Gasteiger partial charge in [0.15, 0.2) is 0 Å². The Kier molecular flexibility index (Phi) is 2.67. The molecule has 0 N–H and O–H groups in total. The molecule has 2 heterocycles. The van der Waals surface area contributed by atoms with Gasteiger partial charge in [-0.25, -0.2) is 4.79 Å². The molecule has 0 radical (unpaired) electrons. The number of hydrogen-bond donors (Lipinski definition) is 0. The lowest BCUT2D eigenvalue weighted by Crippen LogP contribution is -2.48. The van der Waals surface area contributed by atoms with Crippen molar-refractivity contribution in [1.82, 2.24) is 9.80 Å². The van der Waals surface area contributed by atoms with Crippen LogP contribution in [-0.2, 0) is 4.74 Å². The van der Waals surface area contributed by atoms with Crippen molar-refractivity contribution in [3.63, 3.8) is 0 Å². The van der Waals surface area contributed by atoms with Gasteiger partial charge in [-0.1, -0.05) is 0 Å². The summed E-state index contributed by atoms with van der Waals surface area (Å²) < 4.78 is 5.20. The number of hydrogen-bond acceptors (Lipinski definition) is 3. The average molecular weight is 197 g/mol. The zero-order chi connectivity index (χ0) is 9.97. The summed E-state index contributed by atoms with van der Waals surface area (Å²) in [6.45, 7) is 6.03. The number of carbonyl (C=O) groups is 1. The second-order valence-electron chi connectivity index (χ2n) is 3.46. The molecular formula is C9H15N3O2. The average Bonchev–Trinajstić information content (AvgIpc) is 2.65. The summed E-state index contributed by atoms with van der Waals surface area (Å²) in [6.07, 6.45) is 0. The van der Waals surface area contributed by atoms with Crippen molar-refractivity contribution in [3.8, 4) is 0 Å². The van der Waals surface area contributed by atoms with Crippen molar-refractivity contribution >= 4 is 11.9 Å². The van der Waals surface area contributed by atoms with Gasteiger partial charge < -0.3 is 9.64 Å². The standard InChI is InChI=1S/C9H15N3O2/c1-8-10-2-3-12(8)9(13)11-4-6-14-7-5-11/h2-7H2,1H3. The molecule has 0 spiro atoms. The Hall–Kier alpha value is -1.10. The predicted octanol–water partition coefficient (Wildman–Crippen LogP) is 0.173. The molecule has 0 saturated carbocycles. The quantitative estimate of drug-likeness (QED) is 0.556. The van der Waals surface area contributed by atoms with E-state index in [9.17, 15) is 4.79 Å². The molecule has 2 aliphatic rings. The maximum absolute atomic E-state index is 11.9. The van der Waals surface area contributed by atoms with Crippen LogP contribution >= 0.6 is 0 Å². The zero-order valence-corrected chi connectivity index (χ0v) is 8.40. The molecule has 2 aliphatic heterocycles. The zero-order valence-electron chi connectivity index (χ0n) is 8.40. The van der Waals surface area contributed by atoms with E-state index in [-0.39, 0.29) is 6.03 Å². The number of urea groups is 1. The highest BCUT2D eigenvalue weighted by atomic mass is 16.5. The largest absolute Gasteiger partial charge is 0.378 e. The third kappa shape index (κ3) is 1.72. The van der Waals surface area contributed by atoms with Crippen molar-refractivity contribution in [2.45, 2.75) is 6.92 Å². The number of ether oxygens (including phenoxy) is 1. The van der Waals surface area contributed by atoms with Crippen LogP contribution in [0.15, 0.2) is 4.99 Å². The van der Waals surface area contributed by atoms with Crippen LogP contribution in [-0.4, -0.2) is 61.1 Å². The first-order valence-electron chi connectivity index (χ1n) is 4.94. The minimum atomic E-state index is 0.0760. The molecule has 0 bridgehead atoms. The lowest BCUT2D eigenvalue weighted by Gasteiger charge is -2.30. The number of amides is 2. The smallest absolute Gasteiger partial charge is 0.325 e. The van der Waals surface area contributed by atoms with Crippen molar-refractivity contribution in [1.29, 1.82) is 0 Å². The fraction of sp³-hybridized carbons (Fsp3) is 0.778. The summed E-state index contributed by atoms with van der Waals surface area (Å²) in [7, 11) is 0. The first kappa shape index (κ1) is 9.45. The Labute approximate surface area is 83.3 Å². The third-order valence-electron chi connectivity index (χ3n) is 2.57. The Morgan fingerprint density at radius 3 is 2.64 bits per heavy atom. The van der Waals surface area contributed by atoms with E-state index in [1.54, 1.807) is 4.90 Å². The minimum absolute atomic E-state index is 0.0760. The van der Waals surface area contributed by atoms with Crippen LogP contribution in [0, 0.1) is 0 Å². The Morgan fingerprint density at radius 1 is 1.36 bits per heavy atom. The fourth-order valence-electron chi connectivity index (χ4n) is 1.72. The van der Waals surface area contributed by atoms with Crippen LogP contribution in [0.1, 0.15) is 6.92 Å². The number of rotatable bonds is 0. The lowest BCUT2D eigenvalue weighted by molar-refractivity contribution is 0.0485. The predicted molar refractivity (Wildman–Crippen MR) is 52.5 cm³/mol. The Morgan fingerprint density at radius 2 is 2.07 bits per heavy atom. The molecule has 1 fully saturated rings. The van der Waals surface area contributed by atoms with E-state index >= 15 is 0 Å². The summed E-state index contributed by atoms with van der Waals surface area (Å²) >= 11 is 0. The highest BCUT2D eigenvalue weighted by molar-refractivity contribution is 5.97. The molecule has 5 heteroatoms. The number of amidine groups is 1. The fourth-order valence-corrected chi connectivity index (χ4v) is 1.72. The van der Waals surface area contributed by atoms with Gasteiger partial charge in [-0.3, -0.25) is 9.89 Å². The summed E-state index contributed by atoms with van der Waals surface area (Å²) in [5.41, 5.74) is 0. The lowest BCUT2D eigenvalue weighted by atomic mass is 10.4. The van der Waals surface area contributed by atoms with Crippen molar-refractivity contribution < 1.29 is 9.53 Å². The van der Waals surface area contributed by atoms with E-state index in [4.69, 9.17) is 4.74 Å². The van der Waals surface area contributed by atoms with Crippen LogP contribution in [0.2, 0.25) is 0 Å². The minimum Gasteiger partial charge on any atom is -0.378 e. The maximum atomic E-state index is 11.9. The normalized spacial score (nSPS) is 22.5. The SMILES string of the molecule is CC1=NCCN1C(=O)N1CCOCC1. The Balaban J connectivity index is 1.96. The van der Waals surface area contributed by atoms with Crippen LogP contribution < -0.4 is 0 Å². The monoisotopic (exact) mass is 197 g/mol. The van der Waals surface area contributed by atoms with E-state index in [1.807, 2.05) is 11.8 Å². The molecule has 0 aromatic heterocycles. The van der Waals surface area contributed by atoms with Crippen molar-refractivity contribution in [2.24, 2.45) is 4.99 Å². The van der Waals surface area contributed by atoms with Gasteiger partial charge in [0.2, 0.25) is 0 Å². The van der Waals surface area contributed by atoms with E-state index in [1.165, 1.54) is 0 Å². The van der Waals surface area contributed by atoms with Gasteiger partial charge in [-0.15, -0.1) is 0 Å². The van der Waals surface area contributed by atoms with Gasteiger partial charge in [0.1, 0.15) is 5.84 Å². The molecule has 0 aromatic rings. The van der Waals surface area contributed by atoms with Gasteiger partial charge in [0, 0.05) is 19.6 Å². The number of aliphatic imine (C=N–C) groups is 1. The van der Waals surface area contributed by atoms with E-state index in [0.717, 1.165) is 18.9 Å². The molecule has 0 unspecified atom stereocenters. The molecule has 5 nitrogen and oxygen atoms in total. The Bertz CT molecular complexity index is 259. The van der Waals surface area contributed by atoms with E-state index in [2.05, 4.69) is 4.99 Å². The molecule has 0 atom stereocenters. The highest BCUT2D eigenvalue weighted by Crippen LogP contribution is 2.08. The molecule has 14 heavy (non-hydrogen) atoms. The molecule has 2 amide bonds. The van der Waals surface area contributed by atoms with Crippen LogP contribution in [0.4, 0.5) is 4.79 Å². The number of nitrogens with zero attached hydrogens (tertiary/aromatic N) is 3. The van der Waals surface area contributed by atoms with Crippen LogP contribution in [0.3, 0.4) is 0 Å². The van der Waals surface area contributed by atoms with Crippen LogP contribution in [0.5, 0.6) is 0 Å². The van der Waals surface area contributed by atoms with Gasteiger partial charge in [-0.2, -0.15) is 0 Å². The molecular weight excluding hydrogens is 182 g/mol. The van der Waals surface area contributed by atoms with Crippen molar-refractivity contribution in [2.75, 3.05) is 39.4 Å². The highest BCUT2D eigenvalue weighted by Gasteiger charge is 2.26. The van der Waals surface area contributed by atoms with Gasteiger partial charge in [0.25, 0.3) is 0 Å². The maximum Gasteiger partial charge on any atom is 0.325 e. The first-order chi connectivity index (χ1) is 6.79. The summed E-state index contributed by atoms with van der Waals surface area (Å²) in [4.78, 5) is 19.7. The summed E-state index contributed by atoms with van der Waals surface area (Å²) in [6, 6.07) is 0.0760. The first-order valence-corrected chi connectivity index (χ1v) is 4.94. The van der Waals surface area contributed by atoms with E-state index in [0.29, 0.717) is 26.3 Å². The molecule has 0 aliphatic carbocycles. The van der Waals surface area contributed by atoms with Gasteiger partial charge in [-0.05, 0) is 6.92 Å². The number of morpholine rings is 1. The molecule has 1 saturated heterocycles.